The van der Waals surface area contributed by atoms with Crippen LogP contribution < -0.4 is 5.69 Å². The van der Waals surface area contributed by atoms with Crippen molar-refractivity contribution in [2.75, 3.05) is 0 Å². The zero-order valence-electron chi connectivity index (χ0n) is 7.46. The molecule has 0 aliphatic heterocycles. The van der Waals surface area contributed by atoms with Crippen LogP contribution in [0.25, 0.3) is 11.3 Å². The van der Waals surface area contributed by atoms with E-state index in [9.17, 15) is 4.79 Å². The van der Waals surface area contributed by atoms with E-state index in [1.165, 1.54) is 0 Å². The van der Waals surface area contributed by atoms with Crippen LogP contribution in [0.1, 0.15) is 25.5 Å². The van der Waals surface area contributed by atoms with Gasteiger partial charge in [0.05, 0.1) is 11.9 Å². The van der Waals surface area contributed by atoms with E-state index in [0.29, 0.717) is 17.2 Å². The Morgan fingerprint density at radius 1 is 1.31 bits per heavy atom. The minimum absolute atomic E-state index is 0.268. The molecule has 0 aromatic carbocycles. The first-order chi connectivity index (χ1) is 6.16. The number of hydrogen-bond acceptors (Lipinski definition) is 3. The number of nitrogens with one attached hydrogen (secondary N) is 2. The molecular formula is C8H10N4O. The largest absolute Gasteiger partial charge is 0.326 e. The first-order valence-corrected chi connectivity index (χ1v) is 4.12. The number of H-pyrrole nitrogens is 2. The maximum absolute atomic E-state index is 10.9. The molecule has 5 nitrogen and oxygen atoms in total. The van der Waals surface area contributed by atoms with Gasteiger partial charge >= 0.3 is 5.69 Å². The molecule has 68 valence electrons. The quantitative estimate of drug-likeness (QED) is 0.677. The molecule has 0 aliphatic rings. The molecule has 2 aromatic rings. The molecule has 2 aromatic heterocycles. The Morgan fingerprint density at radius 2 is 2.00 bits per heavy atom. The van der Waals surface area contributed by atoms with Crippen molar-refractivity contribution in [1.29, 1.82) is 0 Å². The van der Waals surface area contributed by atoms with E-state index in [-0.39, 0.29) is 5.69 Å². The number of fused-ring (bicyclic) bond motifs is 1. The molecule has 0 unspecified atom stereocenters. The van der Waals surface area contributed by atoms with Gasteiger partial charge in [0.25, 0.3) is 0 Å². The summed E-state index contributed by atoms with van der Waals surface area (Å²) in [4.78, 5) is 24.3. The molecule has 0 saturated carbocycles. The molecule has 2 heterocycles. The third-order valence-electron chi connectivity index (χ3n) is 1.85. The Labute approximate surface area is 74.2 Å². The van der Waals surface area contributed by atoms with Gasteiger partial charge in [-0.1, -0.05) is 13.8 Å². The maximum Gasteiger partial charge on any atom is 0.326 e. The van der Waals surface area contributed by atoms with Crippen molar-refractivity contribution in [2.24, 2.45) is 0 Å². The smallest absolute Gasteiger partial charge is 0.289 e. The SMILES string of the molecule is CC(C)c1cnc2[nH]c(=O)[nH]c2n1. The topological polar surface area (TPSA) is 74.4 Å². The molecular weight excluding hydrogens is 168 g/mol. The van der Waals surface area contributed by atoms with Gasteiger partial charge in [0.2, 0.25) is 0 Å². The zero-order valence-corrected chi connectivity index (χ0v) is 7.46. The summed E-state index contributed by atoms with van der Waals surface area (Å²) in [5, 5.41) is 0. The van der Waals surface area contributed by atoms with Crippen LogP contribution in [0.5, 0.6) is 0 Å². The highest BCUT2D eigenvalue weighted by molar-refractivity contribution is 5.63. The molecule has 0 bridgehead atoms. The lowest BCUT2D eigenvalue weighted by atomic mass is 10.1. The second kappa shape index (κ2) is 2.69. The maximum atomic E-state index is 10.9. The third-order valence-corrected chi connectivity index (χ3v) is 1.85. The molecule has 0 amide bonds. The van der Waals surface area contributed by atoms with Gasteiger partial charge in [0.15, 0.2) is 11.3 Å². The first kappa shape index (κ1) is 7.97. The molecule has 0 atom stereocenters. The van der Waals surface area contributed by atoms with Gasteiger partial charge in [-0.05, 0) is 5.92 Å². The van der Waals surface area contributed by atoms with Crippen LogP contribution in [-0.2, 0) is 0 Å². The second-order valence-electron chi connectivity index (χ2n) is 3.23. The minimum Gasteiger partial charge on any atom is -0.289 e. The molecule has 5 heteroatoms. The van der Waals surface area contributed by atoms with Gasteiger partial charge in [-0.25, -0.2) is 14.8 Å². The standard InChI is InChI=1S/C8H10N4O/c1-4(2)5-3-9-6-7(10-5)12-8(13)11-6/h3-4H,1-2H3,(H2,9,10,11,12,13). The summed E-state index contributed by atoms with van der Waals surface area (Å²) >= 11 is 0. The van der Waals surface area contributed by atoms with Crippen molar-refractivity contribution in [3.05, 3.63) is 22.4 Å². The van der Waals surface area contributed by atoms with Crippen LogP contribution in [0.2, 0.25) is 0 Å². The number of aromatic nitrogens is 4. The predicted molar refractivity (Wildman–Crippen MR) is 48.6 cm³/mol. The van der Waals surface area contributed by atoms with Crippen molar-refractivity contribution in [2.45, 2.75) is 19.8 Å². The van der Waals surface area contributed by atoms with Crippen LogP contribution in [0.3, 0.4) is 0 Å². The van der Waals surface area contributed by atoms with E-state index in [1.807, 2.05) is 13.8 Å². The lowest BCUT2D eigenvalue weighted by Gasteiger charge is -2.01. The fourth-order valence-corrected chi connectivity index (χ4v) is 1.11. The van der Waals surface area contributed by atoms with E-state index in [2.05, 4.69) is 19.9 Å². The molecule has 0 aliphatic carbocycles. The van der Waals surface area contributed by atoms with E-state index in [1.54, 1.807) is 6.20 Å². The number of rotatable bonds is 1. The lowest BCUT2D eigenvalue weighted by molar-refractivity contribution is 0.820. The molecule has 0 saturated heterocycles. The van der Waals surface area contributed by atoms with Gasteiger partial charge < -0.3 is 0 Å². The Kier molecular flexibility index (Phi) is 1.65. The Bertz CT molecular complexity index is 482. The highest BCUT2D eigenvalue weighted by Crippen LogP contribution is 2.11. The zero-order chi connectivity index (χ0) is 9.42. The van der Waals surface area contributed by atoms with Crippen LogP contribution in [0, 0.1) is 0 Å². The van der Waals surface area contributed by atoms with Crippen LogP contribution in [0.15, 0.2) is 11.0 Å². The van der Waals surface area contributed by atoms with Crippen molar-refractivity contribution in [1.82, 2.24) is 19.9 Å². The first-order valence-electron chi connectivity index (χ1n) is 4.12. The Morgan fingerprint density at radius 3 is 2.69 bits per heavy atom. The van der Waals surface area contributed by atoms with Crippen molar-refractivity contribution in [3.63, 3.8) is 0 Å². The number of aromatic amines is 2. The Balaban J connectivity index is 2.68. The molecule has 2 N–H and O–H groups in total. The van der Waals surface area contributed by atoms with Crippen LogP contribution >= 0.6 is 0 Å². The fraction of sp³-hybridized carbons (Fsp3) is 0.375. The highest BCUT2D eigenvalue weighted by Gasteiger charge is 2.05. The van der Waals surface area contributed by atoms with E-state index in [0.717, 1.165) is 5.69 Å². The highest BCUT2D eigenvalue weighted by atomic mass is 16.1. The molecule has 0 spiro atoms. The Hall–Kier alpha value is -1.65. The summed E-state index contributed by atoms with van der Waals surface area (Å²) in [5.41, 5.74) is 1.64. The van der Waals surface area contributed by atoms with Crippen molar-refractivity contribution in [3.8, 4) is 0 Å². The average Bonchev–Trinajstić information content (AvgIpc) is 2.42. The van der Waals surface area contributed by atoms with Gasteiger partial charge in [0, 0.05) is 0 Å². The second-order valence-corrected chi connectivity index (χ2v) is 3.23. The number of nitrogens with zero attached hydrogens (tertiary/aromatic N) is 2. The fourth-order valence-electron chi connectivity index (χ4n) is 1.11. The van der Waals surface area contributed by atoms with Crippen molar-refractivity contribution < 1.29 is 0 Å². The van der Waals surface area contributed by atoms with Gasteiger partial charge in [-0.2, -0.15) is 0 Å². The predicted octanol–water partition coefficient (Wildman–Crippen LogP) is 0.770. The summed E-state index contributed by atoms with van der Waals surface area (Å²) < 4.78 is 0. The van der Waals surface area contributed by atoms with Gasteiger partial charge in [0.1, 0.15) is 0 Å². The van der Waals surface area contributed by atoms with E-state index in [4.69, 9.17) is 0 Å². The van der Waals surface area contributed by atoms with Crippen molar-refractivity contribution >= 4 is 11.3 Å². The summed E-state index contributed by atoms with van der Waals surface area (Å²) in [5.74, 6) is 0.315. The molecule has 13 heavy (non-hydrogen) atoms. The van der Waals surface area contributed by atoms with Gasteiger partial charge in [-0.15, -0.1) is 0 Å². The third kappa shape index (κ3) is 1.32. The number of imidazole rings is 1. The van der Waals surface area contributed by atoms with Crippen LogP contribution in [0.4, 0.5) is 0 Å². The summed E-state index contributed by atoms with van der Waals surface area (Å²) in [7, 11) is 0. The molecule has 0 fully saturated rings. The monoisotopic (exact) mass is 178 g/mol. The summed E-state index contributed by atoms with van der Waals surface area (Å²) in [6, 6.07) is 0. The molecule has 0 radical (unpaired) electrons. The number of hydrogen-bond donors (Lipinski definition) is 2. The minimum atomic E-state index is -0.268. The van der Waals surface area contributed by atoms with E-state index < -0.39 is 0 Å². The summed E-state index contributed by atoms with van der Waals surface area (Å²) in [6.45, 7) is 4.06. The average molecular weight is 178 g/mol. The normalized spacial score (nSPS) is 11.3. The van der Waals surface area contributed by atoms with E-state index >= 15 is 0 Å². The molecule has 2 rings (SSSR count). The van der Waals surface area contributed by atoms with Gasteiger partial charge in [-0.3, -0.25) is 9.97 Å². The van der Waals surface area contributed by atoms with Crippen LogP contribution in [-0.4, -0.2) is 19.9 Å². The summed E-state index contributed by atoms with van der Waals surface area (Å²) in [6.07, 6.45) is 1.68. The lowest BCUT2D eigenvalue weighted by Crippen LogP contribution is -1.99.